The van der Waals surface area contributed by atoms with Gasteiger partial charge in [-0.15, -0.1) is 0 Å². The molecule has 1 aliphatic heterocycles. The third kappa shape index (κ3) is 4.87. The summed E-state index contributed by atoms with van der Waals surface area (Å²) in [7, 11) is 0. The van der Waals surface area contributed by atoms with Gasteiger partial charge < -0.3 is 10.4 Å². The standard InChI is InChI=1S/C19H14I2N2O4S/c1-10-2-4-13(5-3-10)22-16(24)9-23-18(26)15(28-19(23)27)7-11-6-12(20)8-14(21)17(11)25/h2-8,25H,9H2,1H3,(H,22,24)/b15-7-. The molecular formula is C19H14I2N2O4S. The van der Waals surface area contributed by atoms with Crippen LogP contribution in [0.15, 0.2) is 41.3 Å². The summed E-state index contributed by atoms with van der Waals surface area (Å²) in [5.74, 6) is -0.966. The number of nitrogens with one attached hydrogen (secondary N) is 1. The minimum atomic E-state index is -0.553. The van der Waals surface area contributed by atoms with Gasteiger partial charge in [-0.05, 0) is 94.2 Å². The summed E-state index contributed by atoms with van der Waals surface area (Å²) in [6.45, 7) is 1.57. The highest BCUT2D eigenvalue weighted by molar-refractivity contribution is 14.1. The summed E-state index contributed by atoms with van der Waals surface area (Å²) >= 11 is 4.86. The van der Waals surface area contributed by atoms with Gasteiger partial charge in [0.05, 0.1) is 8.48 Å². The van der Waals surface area contributed by atoms with Crippen molar-refractivity contribution in [3.05, 3.63) is 59.6 Å². The maximum atomic E-state index is 12.6. The first-order valence-corrected chi connectivity index (χ1v) is 11.0. The second-order valence-corrected chi connectivity index (χ2v) is 9.41. The van der Waals surface area contributed by atoms with Crippen LogP contribution in [0.4, 0.5) is 10.5 Å². The van der Waals surface area contributed by atoms with Crippen molar-refractivity contribution in [3.8, 4) is 5.75 Å². The Morgan fingerprint density at radius 2 is 1.89 bits per heavy atom. The highest BCUT2D eigenvalue weighted by atomic mass is 127. The van der Waals surface area contributed by atoms with Crippen molar-refractivity contribution < 1.29 is 19.5 Å². The van der Waals surface area contributed by atoms with Gasteiger partial charge in [0.2, 0.25) is 5.91 Å². The number of hydrogen-bond donors (Lipinski definition) is 2. The largest absolute Gasteiger partial charge is 0.506 e. The minimum absolute atomic E-state index is 0.0462. The van der Waals surface area contributed by atoms with Crippen LogP contribution in [0.5, 0.6) is 5.75 Å². The van der Waals surface area contributed by atoms with Gasteiger partial charge in [0, 0.05) is 14.8 Å². The van der Waals surface area contributed by atoms with E-state index >= 15 is 0 Å². The highest BCUT2D eigenvalue weighted by Gasteiger charge is 2.36. The van der Waals surface area contributed by atoms with Crippen LogP contribution in [0.1, 0.15) is 11.1 Å². The molecule has 2 aromatic carbocycles. The molecule has 0 aromatic heterocycles. The molecule has 2 aromatic rings. The highest BCUT2D eigenvalue weighted by Crippen LogP contribution is 2.35. The zero-order valence-electron chi connectivity index (χ0n) is 14.5. The maximum absolute atomic E-state index is 12.6. The van der Waals surface area contributed by atoms with E-state index in [1.54, 1.807) is 24.3 Å². The van der Waals surface area contributed by atoms with E-state index in [9.17, 15) is 19.5 Å². The molecule has 1 fully saturated rings. The lowest BCUT2D eigenvalue weighted by Gasteiger charge is -2.12. The number of anilines is 1. The van der Waals surface area contributed by atoms with Crippen molar-refractivity contribution in [1.29, 1.82) is 0 Å². The Morgan fingerprint density at radius 3 is 2.57 bits per heavy atom. The molecule has 144 valence electrons. The lowest BCUT2D eigenvalue weighted by Crippen LogP contribution is -2.36. The summed E-state index contributed by atoms with van der Waals surface area (Å²) < 4.78 is 1.54. The molecule has 2 N–H and O–H groups in total. The molecule has 0 radical (unpaired) electrons. The molecule has 0 saturated carbocycles. The van der Waals surface area contributed by atoms with Gasteiger partial charge in [-0.1, -0.05) is 17.7 Å². The predicted octanol–water partition coefficient (Wildman–Crippen LogP) is 4.58. The Labute approximate surface area is 193 Å². The summed E-state index contributed by atoms with van der Waals surface area (Å²) in [5.41, 5.74) is 2.10. The van der Waals surface area contributed by atoms with Gasteiger partial charge in [-0.2, -0.15) is 0 Å². The molecule has 6 nitrogen and oxygen atoms in total. The van der Waals surface area contributed by atoms with E-state index in [-0.39, 0.29) is 17.2 Å². The predicted molar refractivity (Wildman–Crippen MR) is 126 cm³/mol. The van der Waals surface area contributed by atoms with Crippen molar-refractivity contribution in [2.24, 2.45) is 0 Å². The lowest BCUT2D eigenvalue weighted by atomic mass is 10.2. The minimum Gasteiger partial charge on any atom is -0.506 e. The number of phenols is 1. The SMILES string of the molecule is Cc1ccc(NC(=O)CN2C(=O)S/C(=C\c3cc(I)cc(I)c3O)C2=O)cc1. The molecule has 0 bridgehead atoms. The van der Waals surface area contributed by atoms with E-state index in [0.717, 1.165) is 25.8 Å². The van der Waals surface area contributed by atoms with E-state index in [4.69, 9.17) is 0 Å². The van der Waals surface area contributed by atoms with Crippen molar-refractivity contribution >= 4 is 85.8 Å². The first-order valence-electron chi connectivity index (χ1n) is 8.04. The number of thioether (sulfide) groups is 1. The second kappa shape index (κ2) is 8.82. The van der Waals surface area contributed by atoms with E-state index in [1.165, 1.54) is 6.08 Å². The molecular weight excluding hydrogens is 606 g/mol. The summed E-state index contributed by atoms with van der Waals surface area (Å²) in [4.78, 5) is 38.1. The number of benzene rings is 2. The van der Waals surface area contributed by atoms with Crippen LogP contribution >= 0.6 is 56.9 Å². The molecule has 0 unspecified atom stereocenters. The number of carbonyl (C=O) groups is 3. The second-order valence-electron chi connectivity index (χ2n) is 6.01. The number of hydrogen-bond acceptors (Lipinski definition) is 5. The van der Waals surface area contributed by atoms with Gasteiger partial charge >= 0.3 is 0 Å². The fraction of sp³-hybridized carbons (Fsp3) is 0.105. The Kier molecular flexibility index (Phi) is 6.65. The van der Waals surface area contributed by atoms with Crippen LogP contribution < -0.4 is 5.32 Å². The Balaban J connectivity index is 1.74. The summed E-state index contributed by atoms with van der Waals surface area (Å²) in [6.07, 6.45) is 1.47. The van der Waals surface area contributed by atoms with Crippen LogP contribution in [0.2, 0.25) is 0 Å². The van der Waals surface area contributed by atoms with Gasteiger partial charge in [-0.25, -0.2) is 0 Å². The topological polar surface area (TPSA) is 86.7 Å². The van der Waals surface area contributed by atoms with Crippen LogP contribution in [0.3, 0.4) is 0 Å². The van der Waals surface area contributed by atoms with Crippen molar-refractivity contribution in [3.63, 3.8) is 0 Å². The van der Waals surface area contributed by atoms with Crippen LogP contribution in [-0.4, -0.2) is 33.6 Å². The Morgan fingerprint density at radius 1 is 1.21 bits per heavy atom. The molecule has 9 heteroatoms. The maximum Gasteiger partial charge on any atom is 0.294 e. The number of aryl methyl sites for hydroxylation is 1. The Hall–Kier alpha value is -1.60. The molecule has 3 amide bonds. The number of nitrogens with zero attached hydrogens (tertiary/aromatic N) is 1. The molecule has 1 saturated heterocycles. The fourth-order valence-corrected chi connectivity index (χ4v) is 5.17. The summed E-state index contributed by atoms with van der Waals surface area (Å²) in [6, 6.07) is 10.7. The molecule has 1 aliphatic rings. The summed E-state index contributed by atoms with van der Waals surface area (Å²) in [5, 5.41) is 12.3. The van der Waals surface area contributed by atoms with E-state index in [1.807, 2.05) is 41.6 Å². The number of carbonyl (C=O) groups excluding carboxylic acids is 3. The van der Waals surface area contributed by atoms with Gasteiger partial charge in [0.15, 0.2) is 0 Å². The molecule has 0 spiro atoms. The van der Waals surface area contributed by atoms with Crippen LogP contribution in [-0.2, 0) is 9.59 Å². The van der Waals surface area contributed by atoms with E-state index < -0.39 is 17.1 Å². The van der Waals surface area contributed by atoms with Crippen molar-refractivity contribution in [1.82, 2.24) is 4.90 Å². The smallest absolute Gasteiger partial charge is 0.294 e. The zero-order valence-corrected chi connectivity index (χ0v) is 19.7. The average Bonchev–Trinajstić information content (AvgIpc) is 2.88. The third-order valence-electron chi connectivity index (χ3n) is 3.85. The van der Waals surface area contributed by atoms with Crippen molar-refractivity contribution in [2.45, 2.75) is 6.92 Å². The third-order valence-corrected chi connectivity index (χ3v) is 6.21. The number of imide groups is 1. The number of rotatable bonds is 4. The van der Waals surface area contributed by atoms with Crippen LogP contribution in [0.25, 0.3) is 6.08 Å². The quantitative estimate of drug-likeness (QED) is 0.386. The monoisotopic (exact) mass is 620 g/mol. The molecule has 0 aliphatic carbocycles. The van der Waals surface area contributed by atoms with E-state index in [0.29, 0.717) is 14.8 Å². The zero-order chi connectivity index (χ0) is 20.4. The number of halogens is 2. The molecule has 0 atom stereocenters. The van der Waals surface area contributed by atoms with Gasteiger partial charge in [-0.3, -0.25) is 19.3 Å². The Bertz CT molecular complexity index is 1010. The number of amides is 3. The normalized spacial score (nSPS) is 15.4. The van der Waals surface area contributed by atoms with Crippen molar-refractivity contribution in [2.75, 3.05) is 11.9 Å². The van der Waals surface area contributed by atoms with Gasteiger partial charge in [0.1, 0.15) is 12.3 Å². The first-order chi connectivity index (χ1) is 13.2. The number of phenolic OH excluding ortho intramolecular Hbond substituents is 1. The van der Waals surface area contributed by atoms with E-state index in [2.05, 4.69) is 27.9 Å². The molecule has 28 heavy (non-hydrogen) atoms. The van der Waals surface area contributed by atoms with Gasteiger partial charge in [0.25, 0.3) is 11.1 Å². The number of aromatic hydroxyl groups is 1. The lowest BCUT2D eigenvalue weighted by molar-refractivity contribution is -0.127. The first kappa shape index (κ1) is 21.1. The average molecular weight is 620 g/mol. The van der Waals surface area contributed by atoms with Crippen LogP contribution in [0, 0.1) is 14.1 Å². The molecule has 1 heterocycles. The fourth-order valence-electron chi connectivity index (χ4n) is 2.45. The molecule has 3 rings (SSSR count).